The molecule has 2 unspecified atom stereocenters. The molecule has 0 spiro atoms. The van der Waals surface area contributed by atoms with E-state index in [-0.39, 0.29) is 0 Å². The van der Waals surface area contributed by atoms with Crippen LogP contribution < -0.4 is 0 Å². The molecule has 1 heteroatoms. The number of hydrogen-bond acceptors (Lipinski definition) is 1. The third-order valence-electron chi connectivity index (χ3n) is 5.41. The first-order valence-corrected chi connectivity index (χ1v) is 10.2. The number of thioether (sulfide) groups is 1. The zero-order chi connectivity index (χ0) is 15.8. The van der Waals surface area contributed by atoms with Crippen LogP contribution in [0.1, 0.15) is 87.5 Å². The molecule has 2 bridgehead atoms. The van der Waals surface area contributed by atoms with E-state index < -0.39 is 0 Å². The largest absolute Gasteiger partial charge is 0.158 e. The summed E-state index contributed by atoms with van der Waals surface area (Å²) in [6, 6.07) is 0. The van der Waals surface area contributed by atoms with E-state index in [0.29, 0.717) is 5.41 Å². The summed E-state index contributed by atoms with van der Waals surface area (Å²) in [5.41, 5.74) is 0.673. The molecule has 0 N–H and O–H groups in total. The molecule has 122 valence electrons. The fourth-order valence-electron chi connectivity index (χ4n) is 3.86. The zero-order valence-electron chi connectivity index (χ0n) is 15.5. The van der Waals surface area contributed by atoms with Crippen molar-refractivity contribution in [2.45, 2.75) is 92.7 Å². The number of hydrogen-bond donors (Lipinski definition) is 0. The summed E-state index contributed by atoms with van der Waals surface area (Å²) in [6.07, 6.45) is 7.35. The van der Waals surface area contributed by atoms with Crippen LogP contribution in [0, 0.1) is 23.2 Å². The summed E-state index contributed by atoms with van der Waals surface area (Å²) < 4.78 is 0. The van der Waals surface area contributed by atoms with Crippen LogP contribution in [0.25, 0.3) is 0 Å². The SMILES string of the molecule is CC.CC.CCCCSC1CC2C[C@@H]1C[C@@]2(C)C(C)C. The van der Waals surface area contributed by atoms with Gasteiger partial charge in [-0.05, 0) is 54.6 Å². The molecular formula is C19H40S. The summed E-state index contributed by atoms with van der Waals surface area (Å²) in [4.78, 5) is 0. The van der Waals surface area contributed by atoms with Gasteiger partial charge in [0.2, 0.25) is 0 Å². The first-order chi connectivity index (χ1) is 9.58. The van der Waals surface area contributed by atoms with E-state index in [0.717, 1.165) is 23.0 Å². The molecule has 0 amide bonds. The highest BCUT2D eigenvalue weighted by atomic mass is 32.2. The number of fused-ring (bicyclic) bond motifs is 2. The van der Waals surface area contributed by atoms with Gasteiger partial charge in [0.1, 0.15) is 0 Å². The maximum Gasteiger partial charge on any atom is 0.00784 e. The van der Waals surface area contributed by atoms with Crippen LogP contribution in [0.15, 0.2) is 0 Å². The van der Waals surface area contributed by atoms with Gasteiger partial charge in [0.05, 0.1) is 0 Å². The van der Waals surface area contributed by atoms with Gasteiger partial charge in [0.15, 0.2) is 0 Å². The summed E-state index contributed by atoms with van der Waals surface area (Å²) in [5.74, 6) is 4.38. The Balaban J connectivity index is 0.000000829. The smallest absolute Gasteiger partial charge is 0.00784 e. The van der Waals surface area contributed by atoms with Crippen LogP contribution in [0.4, 0.5) is 0 Å². The fraction of sp³-hybridized carbons (Fsp3) is 1.00. The van der Waals surface area contributed by atoms with Gasteiger partial charge in [-0.15, -0.1) is 0 Å². The molecule has 0 nitrogen and oxygen atoms in total. The second kappa shape index (κ2) is 10.1. The van der Waals surface area contributed by atoms with E-state index in [1.807, 2.05) is 27.7 Å². The van der Waals surface area contributed by atoms with Gasteiger partial charge in [-0.2, -0.15) is 11.8 Å². The van der Waals surface area contributed by atoms with Gasteiger partial charge in [-0.3, -0.25) is 0 Å². The molecule has 2 aliphatic rings. The Morgan fingerprint density at radius 3 is 2.10 bits per heavy atom. The molecule has 2 aliphatic carbocycles. The zero-order valence-corrected chi connectivity index (χ0v) is 16.3. The number of unbranched alkanes of at least 4 members (excludes halogenated alkanes) is 1. The lowest BCUT2D eigenvalue weighted by atomic mass is 9.67. The van der Waals surface area contributed by atoms with Crippen LogP contribution in [0.3, 0.4) is 0 Å². The molecule has 0 aromatic carbocycles. The molecule has 0 aliphatic heterocycles. The van der Waals surface area contributed by atoms with Crippen LogP contribution in [-0.2, 0) is 0 Å². The van der Waals surface area contributed by atoms with Crippen molar-refractivity contribution in [2.75, 3.05) is 5.75 Å². The monoisotopic (exact) mass is 300 g/mol. The van der Waals surface area contributed by atoms with Gasteiger partial charge in [0, 0.05) is 5.25 Å². The van der Waals surface area contributed by atoms with E-state index >= 15 is 0 Å². The topological polar surface area (TPSA) is 0 Å². The Kier molecular flexibility index (Phi) is 10.3. The molecule has 4 atom stereocenters. The fourth-order valence-corrected chi connectivity index (χ4v) is 5.47. The van der Waals surface area contributed by atoms with Crippen molar-refractivity contribution >= 4 is 11.8 Å². The predicted molar refractivity (Wildman–Crippen MR) is 97.6 cm³/mol. The van der Waals surface area contributed by atoms with Gasteiger partial charge in [-0.25, -0.2) is 0 Å². The standard InChI is InChI=1S/C15H28S.2C2H6/c1-5-6-7-16-14-9-13-8-12(14)10-15(13,4)11(2)3;2*1-2/h11-14H,5-10H2,1-4H3;2*1-2H3/t12-,13?,14?,15+;;/m1../s1. The highest BCUT2D eigenvalue weighted by Gasteiger charge is 2.53. The Hall–Kier alpha value is 0.350. The van der Waals surface area contributed by atoms with Crippen molar-refractivity contribution in [3.8, 4) is 0 Å². The maximum atomic E-state index is 2.55. The minimum atomic E-state index is 0.673. The van der Waals surface area contributed by atoms with Crippen molar-refractivity contribution in [1.29, 1.82) is 0 Å². The molecule has 0 radical (unpaired) electrons. The van der Waals surface area contributed by atoms with Crippen molar-refractivity contribution in [2.24, 2.45) is 23.2 Å². The van der Waals surface area contributed by atoms with E-state index in [1.165, 1.54) is 31.4 Å². The lowest BCUT2D eigenvalue weighted by molar-refractivity contribution is 0.122. The second-order valence-corrected chi connectivity index (χ2v) is 7.90. The van der Waals surface area contributed by atoms with E-state index in [1.54, 1.807) is 6.42 Å². The Morgan fingerprint density at radius 2 is 1.70 bits per heavy atom. The Bertz CT molecular complexity index is 236. The number of rotatable bonds is 5. The van der Waals surface area contributed by atoms with Crippen LogP contribution >= 0.6 is 11.8 Å². The lowest BCUT2D eigenvalue weighted by Gasteiger charge is -2.40. The quantitative estimate of drug-likeness (QED) is 0.491. The third-order valence-corrected chi connectivity index (χ3v) is 6.94. The highest BCUT2D eigenvalue weighted by Crippen LogP contribution is 2.61. The average Bonchev–Trinajstić information content (AvgIpc) is 3.01. The molecule has 0 saturated heterocycles. The Morgan fingerprint density at radius 1 is 1.10 bits per heavy atom. The van der Waals surface area contributed by atoms with Gasteiger partial charge < -0.3 is 0 Å². The van der Waals surface area contributed by atoms with Gasteiger partial charge in [0.25, 0.3) is 0 Å². The molecule has 0 aromatic rings. The average molecular weight is 301 g/mol. The van der Waals surface area contributed by atoms with E-state index in [4.69, 9.17) is 0 Å². The van der Waals surface area contributed by atoms with Gasteiger partial charge >= 0.3 is 0 Å². The van der Waals surface area contributed by atoms with Gasteiger partial charge in [-0.1, -0.05) is 61.8 Å². The van der Waals surface area contributed by atoms with Crippen LogP contribution in [0.5, 0.6) is 0 Å². The molecule has 2 saturated carbocycles. The van der Waals surface area contributed by atoms with Crippen LogP contribution in [-0.4, -0.2) is 11.0 Å². The van der Waals surface area contributed by atoms with Crippen molar-refractivity contribution in [3.05, 3.63) is 0 Å². The van der Waals surface area contributed by atoms with E-state index in [2.05, 4.69) is 39.5 Å². The molecule has 0 heterocycles. The minimum absolute atomic E-state index is 0.673. The summed E-state index contributed by atoms with van der Waals surface area (Å²) in [7, 11) is 0. The lowest BCUT2D eigenvalue weighted by Crippen LogP contribution is -2.33. The first-order valence-electron chi connectivity index (χ1n) is 9.19. The van der Waals surface area contributed by atoms with Crippen molar-refractivity contribution in [3.63, 3.8) is 0 Å². The third kappa shape index (κ3) is 4.68. The molecule has 2 fully saturated rings. The van der Waals surface area contributed by atoms with Crippen molar-refractivity contribution in [1.82, 2.24) is 0 Å². The second-order valence-electron chi connectivity index (χ2n) is 6.56. The molecule has 20 heavy (non-hydrogen) atoms. The normalized spacial score (nSPS) is 34.4. The highest BCUT2D eigenvalue weighted by molar-refractivity contribution is 7.99. The summed E-state index contributed by atoms with van der Waals surface area (Å²) in [6.45, 7) is 17.7. The van der Waals surface area contributed by atoms with E-state index in [9.17, 15) is 0 Å². The summed E-state index contributed by atoms with van der Waals surface area (Å²) >= 11 is 2.28. The maximum absolute atomic E-state index is 2.55. The molecule has 2 rings (SSSR count). The van der Waals surface area contributed by atoms with Crippen LogP contribution in [0.2, 0.25) is 0 Å². The van der Waals surface area contributed by atoms with Crippen molar-refractivity contribution < 1.29 is 0 Å². The molecular weight excluding hydrogens is 260 g/mol. The molecule has 0 aromatic heterocycles. The summed E-state index contributed by atoms with van der Waals surface area (Å²) in [5, 5.41) is 1.02. The predicted octanol–water partition coefficient (Wildman–Crippen LogP) is 7.03. The Labute approximate surface area is 133 Å². The minimum Gasteiger partial charge on any atom is -0.158 e. The first kappa shape index (κ1) is 20.3.